The predicted octanol–water partition coefficient (Wildman–Crippen LogP) is 10.8. The molecule has 5 rings (SSSR count). The average Bonchev–Trinajstić information content (AvgIpc) is 3.00. The number of hydrogen-bond acceptors (Lipinski definition) is 1. The van der Waals surface area contributed by atoms with Gasteiger partial charge in [0, 0.05) is 16.7 Å². The summed E-state index contributed by atoms with van der Waals surface area (Å²) in [5.41, 5.74) is 3.81. The minimum absolute atomic E-state index is 0.00179. The Kier molecular flexibility index (Phi) is 8.66. The first-order valence-electron chi connectivity index (χ1n) is 14.8. The van der Waals surface area contributed by atoms with Crippen molar-refractivity contribution in [2.75, 3.05) is 0 Å². The highest BCUT2D eigenvalue weighted by atomic mass is 31.2. The monoisotopic (exact) mass is 587 g/mol. The molecule has 212 valence electrons. The smallest absolute Gasteiger partial charge is 0.0622 e. The quantitative estimate of drug-likeness (QED) is 0.133. The Hall–Kier alpha value is -3.37. The highest BCUT2D eigenvalue weighted by molar-refractivity contribution is 7.92. The molecular formula is C39H43NP2+2. The third kappa shape index (κ3) is 5.42. The fraction of sp³-hybridized carbons (Fsp3) is 0.231. The first-order valence-corrected chi connectivity index (χ1v) is 17.9. The molecule has 0 bridgehead atoms. The Morgan fingerprint density at radius 3 is 0.929 bits per heavy atom. The van der Waals surface area contributed by atoms with E-state index in [-0.39, 0.29) is 10.3 Å². The van der Waals surface area contributed by atoms with Crippen LogP contribution in [0.2, 0.25) is 0 Å². The van der Waals surface area contributed by atoms with Gasteiger partial charge in [0.1, 0.15) is 20.9 Å². The van der Waals surface area contributed by atoms with Gasteiger partial charge in [-0.15, -0.1) is 0 Å². The summed E-state index contributed by atoms with van der Waals surface area (Å²) < 4.78 is 6.47. The summed E-state index contributed by atoms with van der Waals surface area (Å²) in [6.07, 6.45) is 0. The third-order valence-corrected chi connectivity index (χ3v) is 16.0. The lowest BCUT2D eigenvalue weighted by Gasteiger charge is -2.41. The Balaban J connectivity index is 2.16. The van der Waals surface area contributed by atoms with Crippen molar-refractivity contribution in [2.45, 2.75) is 57.0 Å². The molecule has 5 aromatic rings. The van der Waals surface area contributed by atoms with E-state index < -0.39 is 20.3 Å². The summed E-state index contributed by atoms with van der Waals surface area (Å²) in [5.74, 6) is 0. The van der Waals surface area contributed by atoms with E-state index >= 15 is 0 Å². The molecular weight excluding hydrogens is 544 g/mol. The molecule has 5 aromatic carbocycles. The van der Waals surface area contributed by atoms with Crippen LogP contribution in [0.15, 0.2) is 156 Å². The molecule has 0 aliphatic carbocycles. The van der Waals surface area contributed by atoms with Crippen LogP contribution in [0.4, 0.5) is 0 Å². The molecule has 0 unspecified atom stereocenters. The van der Waals surface area contributed by atoms with E-state index in [1.807, 2.05) is 0 Å². The summed E-state index contributed by atoms with van der Waals surface area (Å²) in [6.45, 7) is 14.3. The molecule has 0 aliphatic heterocycles. The number of hydrogen-bond donors (Lipinski definition) is 0. The predicted molar refractivity (Wildman–Crippen MR) is 187 cm³/mol. The van der Waals surface area contributed by atoms with Crippen molar-refractivity contribution >= 4 is 25.7 Å². The van der Waals surface area contributed by atoms with Gasteiger partial charge in [-0.05, 0) is 65.8 Å². The first kappa shape index (κ1) is 30.1. The lowest BCUT2D eigenvalue weighted by atomic mass is 9.84. The maximum atomic E-state index is 6.47. The second kappa shape index (κ2) is 12.1. The van der Waals surface area contributed by atoms with E-state index in [2.05, 4.69) is 193 Å². The number of rotatable bonds is 7. The van der Waals surface area contributed by atoms with Crippen LogP contribution in [-0.2, 0) is 5.16 Å². The summed E-state index contributed by atoms with van der Waals surface area (Å²) in [5, 5.41) is 2.02. The molecule has 0 atom stereocenters. The van der Waals surface area contributed by atoms with Gasteiger partial charge in [-0.1, -0.05) is 127 Å². The molecule has 0 amide bonds. The van der Waals surface area contributed by atoms with Gasteiger partial charge in [-0.3, -0.25) is 0 Å². The van der Waals surface area contributed by atoms with E-state index in [1.165, 1.54) is 27.3 Å². The van der Waals surface area contributed by atoms with E-state index in [0.29, 0.717) is 0 Å². The van der Waals surface area contributed by atoms with Crippen molar-refractivity contribution in [3.8, 4) is 0 Å². The molecule has 42 heavy (non-hydrogen) atoms. The number of nitrogens with zero attached hydrogens (tertiary/aromatic N) is 1. The maximum absolute atomic E-state index is 6.47. The van der Waals surface area contributed by atoms with Crippen LogP contribution in [0.5, 0.6) is 0 Å². The topological polar surface area (TPSA) is 12.4 Å². The fourth-order valence-corrected chi connectivity index (χ4v) is 16.9. The molecule has 3 heteroatoms. The number of benzene rings is 5. The second-order valence-electron chi connectivity index (χ2n) is 12.9. The summed E-state index contributed by atoms with van der Waals surface area (Å²) in [6, 6.07) is 55.9. The molecule has 0 fully saturated rings. The van der Waals surface area contributed by atoms with E-state index in [9.17, 15) is 0 Å². The van der Waals surface area contributed by atoms with Gasteiger partial charge in [-0.25, -0.2) is 0 Å². The van der Waals surface area contributed by atoms with Gasteiger partial charge in [-0.2, -0.15) is 0 Å². The fourth-order valence-electron chi connectivity index (χ4n) is 6.50. The van der Waals surface area contributed by atoms with Crippen molar-refractivity contribution < 1.29 is 0 Å². The van der Waals surface area contributed by atoms with Crippen molar-refractivity contribution in [3.63, 3.8) is 0 Å². The SMILES string of the molecule is CC(C)(C)[P+](=N[P+](c1ccccc1)(c1ccccc1)C(c1ccccc1)(c1ccccc1)c1ccccc1)C(C)(C)C. The molecule has 0 heterocycles. The molecule has 0 spiro atoms. The van der Waals surface area contributed by atoms with Gasteiger partial charge in [0.05, 0.1) is 4.52 Å². The van der Waals surface area contributed by atoms with Gasteiger partial charge >= 0.3 is 0 Å². The van der Waals surface area contributed by atoms with Crippen molar-refractivity contribution in [2.24, 2.45) is 4.52 Å². The van der Waals surface area contributed by atoms with Crippen LogP contribution in [0, 0.1) is 0 Å². The zero-order chi connectivity index (χ0) is 29.8. The molecule has 0 radical (unpaired) electrons. The Morgan fingerprint density at radius 1 is 0.405 bits per heavy atom. The largest absolute Gasteiger partial charge is 0.263 e. The van der Waals surface area contributed by atoms with Gasteiger partial charge < -0.3 is 0 Å². The zero-order valence-electron chi connectivity index (χ0n) is 25.8. The molecule has 0 aromatic heterocycles. The highest BCUT2D eigenvalue weighted by Crippen LogP contribution is 2.80. The lowest BCUT2D eigenvalue weighted by Crippen LogP contribution is -2.41. The van der Waals surface area contributed by atoms with Crippen LogP contribution >= 0.6 is 15.1 Å². The van der Waals surface area contributed by atoms with Crippen LogP contribution in [0.3, 0.4) is 0 Å². The lowest BCUT2D eigenvalue weighted by molar-refractivity contribution is 0.715. The molecule has 1 nitrogen and oxygen atoms in total. The van der Waals surface area contributed by atoms with Crippen molar-refractivity contribution in [1.29, 1.82) is 0 Å². The normalized spacial score (nSPS) is 12.5. The molecule has 0 aliphatic rings. The Bertz CT molecular complexity index is 1450. The van der Waals surface area contributed by atoms with Crippen LogP contribution in [-0.4, -0.2) is 10.3 Å². The van der Waals surface area contributed by atoms with Crippen LogP contribution < -0.4 is 10.6 Å². The Labute approximate surface area is 254 Å². The van der Waals surface area contributed by atoms with Gasteiger partial charge in [0.25, 0.3) is 15.1 Å². The van der Waals surface area contributed by atoms with Gasteiger partial charge in [0.2, 0.25) is 0 Å². The van der Waals surface area contributed by atoms with Gasteiger partial charge in [0.15, 0.2) is 5.16 Å². The standard InChI is InChI=1S/C39H43NP2/c1-37(2,3)41(38(4,5)6)40-42(35-28-18-10-19-29-35,36-30-20-11-21-31-36)39(32-22-12-7-13-23-32,33-24-14-8-15-25-33)34-26-16-9-17-27-34/h7-31H,1-6H3/q+2. The van der Waals surface area contributed by atoms with Crippen LogP contribution in [0.1, 0.15) is 58.2 Å². The molecule has 0 saturated carbocycles. The highest BCUT2D eigenvalue weighted by Gasteiger charge is 2.69. The zero-order valence-corrected chi connectivity index (χ0v) is 27.6. The van der Waals surface area contributed by atoms with E-state index in [0.717, 1.165) is 0 Å². The first-order chi connectivity index (χ1) is 20.1. The van der Waals surface area contributed by atoms with Crippen molar-refractivity contribution in [1.82, 2.24) is 0 Å². The third-order valence-electron chi connectivity index (χ3n) is 7.81. The minimum Gasteiger partial charge on any atom is -0.0622 e. The average molecular weight is 588 g/mol. The van der Waals surface area contributed by atoms with Crippen LogP contribution in [0.25, 0.3) is 0 Å². The summed E-state index contributed by atoms with van der Waals surface area (Å²) in [7, 11) is -3.54. The summed E-state index contributed by atoms with van der Waals surface area (Å²) >= 11 is 0. The van der Waals surface area contributed by atoms with Crippen molar-refractivity contribution in [3.05, 3.63) is 168 Å². The maximum Gasteiger partial charge on any atom is 0.263 e. The second-order valence-corrected chi connectivity index (χ2v) is 19.9. The molecule has 0 N–H and O–H groups in total. The van der Waals surface area contributed by atoms with E-state index in [1.54, 1.807) is 0 Å². The van der Waals surface area contributed by atoms with E-state index in [4.69, 9.17) is 4.52 Å². The Morgan fingerprint density at radius 2 is 0.667 bits per heavy atom. The summed E-state index contributed by atoms with van der Waals surface area (Å²) in [4.78, 5) is 0. The molecule has 0 saturated heterocycles. The minimum atomic E-state index is -2.70.